The second-order valence-electron chi connectivity index (χ2n) is 4.64. The lowest BCUT2D eigenvalue weighted by Crippen LogP contribution is -2.34. The number of ether oxygens (including phenoxy) is 1. The maximum absolute atomic E-state index is 6.11. The van der Waals surface area contributed by atoms with Gasteiger partial charge in [0.05, 0.1) is 5.02 Å². The highest BCUT2D eigenvalue weighted by molar-refractivity contribution is 6.32. The lowest BCUT2D eigenvalue weighted by atomic mass is 10.2. The Bertz CT molecular complexity index is 352. The molecular formula is C14H22ClNO. The van der Waals surface area contributed by atoms with Crippen molar-refractivity contribution in [1.29, 1.82) is 0 Å². The van der Waals surface area contributed by atoms with Gasteiger partial charge >= 0.3 is 0 Å². The van der Waals surface area contributed by atoms with Gasteiger partial charge < -0.3 is 10.1 Å². The first-order valence-corrected chi connectivity index (χ1v) is 6.57. The summed E-state index contributed by atoms with van der Waals surface area (Å²) in [6.07, 6.45) is 1.13. The van der Waals surface area contributed by atoms with Gasteiger partial charge in [-0.25, -0.2) is 0 Å². The minimum Gasteiger partial charge on any atom is -0.488 e. The molecule has 0 saturated heterocycles. The summed E-state index contributed by atoms with van der Waals surface area (Å²) in [5, 5.41) is 4.06. The number of aryl methyl sites for hydroxylation is 1. The van der Waals surface area contributed by atoms with E-state index in [-0.39, 0.29) is 6.10 Å². The fourth-order valence-corrected chi connectivity index (χ4v) is 1.68. The monoisotopic (exact) mass is 255 g/mol. The van der Waals surface area contributed by atoms with E-state index >= 15 is 0 Å². The molecule has 0 radical (unpaired) electrons. The van der Waals surface area contributed by atoms with Gasteiger partial charge in [-0.15, -0.1) is 0 Å². The van der Waals surface area contributed by atoms with Crippen LogP contribution < -0.4 is 10.1 Å². The van der Waals surface area contributed by atoms with Crippen molar-refractivity contribution in [1.82, 2.24) is 5.32 Å². The van der Waals surface area contributed by atoms with Gasteiger partial charge in [0.1, 0.15) is 11.9 Å². The predicted molar refractivity (Wildman–Crippen MR) is 74.0 cm³/mol. The van der Waals surface area contributed by atoms with Crippen molar-refractivity contribution in [2.75, 3.05) is 6.54 Å². The van der Waals surface area contributed by atoms with E-state index in [4.69, 9.17) is 16.3 Å². The summed E-state index contributed by atoms with van der Waals surface area (Å²) in [7, 11) is 0. The molecule has 1 rings (SSSR count). The van der Waals surface area contributed by atoms with E-state index in [1.807, 2.05) is 25.1 Å². The molecule has 96 valence electrons. The summed E-state index contributed by atoms with van der Waals surface area (Å²) in [4.78, 5) is 0. The summed E-state index contributed by atoms with van der Waals surface area (Å²) in [6.45, 7) is 9.27. The molecule has 1 atom stereocenters. The molecule has 0 aliphatic heterocycles. The maximum Gasteiger partial charge on any atom is 0.138 e. The van der Waals surface area contributed by atoms with Crippen LogP contribution in [0.5, 0.6) is 5.75 Å². The minimum absolute atomic E-state index is 0.164. The van der Waals surface area contributed by atoms with E-state index in [0.717, 1.165) is 24.3 Å². The van der Waals surface area contributed by atoms with Gasteiger partial charge in [-0.1, -0.05) is 38.4 Å². The number of halogens is 1. The zero-order valence-electron chi connectivity index (χ0n) is 11.1. The van der Waals surface area contributed by atoms with Gasteiger partial charge in [-0.3, -0.25) is 0 Å². The van der Waals surface area contributed by atoms with Crippen LogP contribution in [0, 0.1) is 6.92 Å². The topological polar surface area (TPSA) is 21.3 Å². The predicted octanol–water partition coefficient (Wildman–Crippen LogP) is 3.80. The van der Waals surface area contributed by atoms with Gasteiger partial charge in [0.2, 0.25) is 0 Å². The Kier molecular flexibility index (Phi) is 5.79. The fourth-order valence-electron chi connectivity index (χ4n) is 1.52. The smallest absolute Gasteiger partial charge is 0.138 e. The van der Waals surface area contributed by atoms with E-state index in [2.05, 4.69) is 26.1 Å². The van der Waals surface area contributed by atoms with E-state index in [9.17, 15) is 0 Å². The van der Waals surface area contributed by atoms with E-state index in [1.165, 1.54) is 0 Å². The average molecular weight is 256 g/mol. The SMILES string of the molecule is CCC(CNC(C)C)Oc1cc(C)ccc1Cl. The van der Waals surface area contributed by atoms with Gasteiger partial charge in [0, 0.05) is 12.6 Å². The maximum atomic E-state index is 6.11. The fraction of sp³-hybridized carbons (Fsp3) is 0.571. The van der Waals surface area contributed by atoms with Gasteiger partial charge in [0.15, 0.2) is 0 Å². The summed E-state index contributed by atoms with van der Waals surface area (Å²) < 4.78 is 5.93. The molecular weight excluding hydrogens is 234 g/mol. The molecule has 3 heteroatoms. The molecule has 2 nitrogen and oxygen atoms in total. The van der Waals surface area contributed by atoms with Crippen LogP contribution in [0.3, 0.4) is 0 Å². The molecule has 0 fully saturated rings. The Morgan fingerprint density at radius 1 is 1.35 bits per heavy atom. The number of hydrogen-bond donors (Lipinski definition) is 1. The Morgan fingerprint density at radius 2 is 2.06 bits per heavy atom. The quantitative estimate of drug-likeness (QED) is 0.835. The van der Waals surface area contributed by atoms with E-state index in [0.29, 0.717) is 11.1 Å². The molecule has 0 spiro atoms. The van der Waals surface area contributed by atoms with E-state index < -0.39 is 0 Å². The lowest BCUT2D eigenvalue weighted by molar-refractivity contribution is 0.190. The highest BCUT2D eigenvalue weighted by Gasteiger charge is 2.11. The van der Waals surface area contributed by atoms with Crippen LogP contribution in [0.15, 0.2) is 18.2 Å². The van der Waals surface area contributed by atoms with Crippen molar-refractivity contribution in [3.8, 4) is 5.75 Å². The zero-order chi connectivity index (χ0) is 12.8. The average Bonchev–Trinajstić information content (AvgIpc) is 2.28. The molecule has 1 aromatic rings. The third kappa shape index (κ3) is 4.97. The molecule has 17 heavy (non-hydrogen) atoms. The Labute approximate surface area is 109 Å². The van der Waals surface area contributed by atoms with Crippen molar-refractivity contribution in [3.05, 3.63) is 28.8 Å². The Balaban J connectivity index is 2.63. The third-order valence-corrected chi connectivity index (χ3v) is 2.90. The molecule has 0 aliphatic rings. The van der Waals surface area contributed by atoms with Gasteiger partial charge in [-0.05, 0) is 31.0 Å². The summed E-state index contributed by atoms with van der Waals surface area (Å²) in [5.41, 5.74) is 1.16. The van der Waals surface area contributed by atoms with Crippen molar-refractivity contribution >= 4 is 11.6 Å². The van der Waals surface area contributed by atoms with Crippen molar-refractivity contribution in [2.45, 2.75) is 46.3 Å². The summed E-state index contributed by atoms with van der Waals surface area (Å²) in [6, 6.07) is 6.33. The molecule has 0 amide bonds. The van der Waals surface area contributed by atoms with Crippen molar-refractivity contribution in [3.63, 3.8) is 0 Å². The van der Waals surface area contributed by atoms with Crippen molar-refractivity contribution in [2.24, 2.45) is 0 Å². The number of nitrogens with one attached hydrogen (secondary N) is 1. The number of benzene rings is 1. The molecule has 1 N–H and O–H groups in total. The molecule has 0 aromatic heterocycles. The second-order valence-corrected chi connectivity index (χ2v) is 5.05. The molecule has 1 aromatic carbocycles. The van der Waals surface area contributed by atoms with Crippen LogP contribution >= 0.6 is 11.6 Å². The summed E-state index contributed by atoms with van der Waals surface area (Å²) >= 11 is 6.11. The van der Waals surface area contributed by atoms with E-state index in [1.54, 1.807) is 0 Å². The zero-order valence-corrected chi connectivity index (χ0v) is 11.8. The lowest BCUT2D eigenvalue weighted by Gasteiger charge is -2.20. The second kappa shape index (κ2) is 6.87. The van der Waals surface area contributed by atoms with Crippen LogP contribution in [-0.2, 0) is 0 Å². The van der Waals surface area contributed by atoms with Crippen LogP contribution in [0.4, 0.5) is 0 Å². The minimum atomic E-state index is 0.164. The Morgan fingerprint density at radius 3 is 2.65 bits per heavy atom. The van der Waals surface area contributed by atoms with Crippen LogP contribution in [0.2, 0.25) is 5.02 Å². The first-order valence-electron chi connectivity index (χ1n) is 6.19. The summed E-state index contributed by atoms with van der Waals surface area (Å²) in [5.74, 6) is 0.782. The largest absolute Gasteiger partial charge is 0.488 e. The molecule has 0 saturated carbocycles. The van der Waals surface area contributed by atoms with Crippen LogP contribution in [0.25, 0.3) is 0 Å². The van der Waals surface area contributed by atoms with Crippen molar-refractivity contribution < 1.29 is 4.74 Å². The number of hydrogen-bond acceptors (Lipinski definition) is 2. The molecule has 1 unspecified atom stereocenters. The van der Waals surface area contributed by atoms with Crippen LogP contribution in [-0.4, -0.2) is 18.7 Å². The standard InChI is InChI=1S/C14H22ClNO/c1-5-12(9-16-10(2)3)17-14-8-11(4)6-7-13(14)15/h6-8,10,12,16H,5,9H2,1-4H3. The van der Waals surface area contributed by atoms with Crippen LogP contribution in [0.1, 0.15) is 32.8 Å². The molecule has 0 aliphatic carbocycles. The van der Waals surface area contributed by atoms with Gasteiger partial charge in [-0.2, -0.15) is 0 Å². The highest BCUT2D eigenvalue weighted by Crippen LogP contribution is 2.26. The first-order chi connectivity index (χ1) is 8.02. The highest BCUT2D eigenvalue weighted by atomic mass is 35.5. The normalized spacial score (nSPS) is 12.8. The van der Waals surface area contributed by atoms with Gasteiger partial charge in [0.25, 0.3) is 0 Å². The third-order valence-electron chi connectivity index (χ3n) is 2.59. The molecule has 0 heterocycles. The Hall–Kier alpha value is -0.730. The molecule has 0 bridgehead atoms. The number of rotatable bonds is 6. The first kappa shape index (κ1) is 14.3.